The van der Waals surface area contributed by atoms with Crippen molar-refractivity contribution in [3.8, 4) is 0 Å². The SMILES string of the molecule is O=C(/C=C/c1ccccc1)NC(=S)Nc1cc(Cl)c(Cl)cc1Cl. The molecule has 0 aliphatic heterocycles. The van der Waals surface area contributed by atoms with E-state index in [0.29, 0.717) is 20.8 Å². The Kier molecular flexibility index (Phi) is 6.42. The first-order chi connectivity index (χ1) is 11.0. The summed E-state index contributed by atoms with van der Waals surface area (Å²) in [6.45, 7) is 0. The molecule has 0 saturated carbocycles. The van der Waals surface area contributed by atoms with Crippen molar-refractivity contribution in [2.24, 2.45) is 0 Å². The lowest BCUT2D eigenvalue weighted by Crippen LogP contribution is -2.32. The smallest absolute Gasteiger partial charge is 0.250 e. The topological polar surface area (TPSA) is 41.1 Å². The summed E-state index contributed by atoms with van der Waals surface area (Å²) < 4.78 is 0. The van der Waals surface area contributed by atoms with Gasteiger partial charge < -0.3 is 5.32 Å². The van der Waals surface area contributed by atoms with E-state index in [4.69, 9.17) is 47.0 Å². The van der Waals surface area contributed by atoms with Crippen molar-refractivity contribution in [3.63, 3.8) is 0 Å². The van der Waals surface area contributed by atoms with E-state index in [-0.39, 0.29) is 11.0 Å². The quantitative estimate of drug-likeness (QED) is 0.435. The summed E-state index contributed by atoms with van der Waals surface area (Å²) in [5.41, 5.74) is 1.37. The molecular formula is C16H11Cl3N2OS. The lowest BCUT2D eigenvalue weighted by atomic mass is 10.2. The van der Waals surface area contributed by atoms with Crippen LogP contribution in [0.1, 0.15) is 5.56 Å². The van der Waals surface area contributed by atoms with Crippen LogP contribution < -0.4 is 10.6 Å². The summed E-state index contributed by atoms with van der Waals surface area (Å²) in [5, 5.41) is 6.43. The summed E-state index contributed by atoms with van der Waals surface area (Å²) in [5.74, 6) is -0.359. The molecule has 2 aromatic rings. The van der Waals surface area contributed by atoms with Crippen molar-refractivity contribution in [2.45, 2.75) is 0 Å². The van der Waals surface area contributed by atoms with Crippen LogP contribution in [0.5, 0.6) is 0 Å². The van der Waals surface area contributed by atoms with Crippen molar-refractivity contribution < 1.29 is 4.79 Å². The lowest BCUT2D eigenvalue weighted by Gasteiger charge is -2.10. The van der Waals surface area contributed by atoms with Gasteiger partial charge in [-0.2, -0.15) is 0 Å². The molecule has 0 radical (unpaired) electrons. The number of thiocarbonyl (C=S) groups is 1. The van der Waals surface area contributed by atoms with Crippen molar-refractivity contribution >= 4 is 69.8 Å². The fraction of sp³-hybridized carbons (Fsp3) is 0. The van der Waals surface area contributed by atoms with E-state index < -0.39 is 0 Å². The minimum Gasteiger partial charge on any atom is -0.331 e. The van der Waals surface area contributed by atoms with Crippen LogP contribution in [0.25, 0.3) is 6.08 Å². The number of anilines is 1. The fourth-order valence-corrected chi connectivity index (χ4v) is 2.47. The van der Waals surface area contributed by atoms with Crippen LogP contribution in [0.15, 0.2) is 48.5 Å². The summed E-state index contributed by atoms with van der Waals surface area (Å²) in [7, 11) is 0. The Morgan fingerprint density at radius 2 is 1.65 bits per heavy atom. The highest BCUT2D eigenvalue weighted by Gasteiger charge is 2.08. The molecule has 0 aromatic heterocycles. The Balaban J connectivity index is 1.96. The molecule has 2 rings (SSSR count). The maximum absolute atomic E-state index is 11.8. The van der Waals surface area contributed by atoms with Gasteiger partial charge in [-0.15, -0.1) is 0 Å². The first-order valence-electron chi connectivity index (χ1n) is 6.45. The molecule has 0 saturated heterocycles. The van der Waals surface area contributed by atoms with Gasteiger partial charge in [0.05, 0.1) is 20.8 Å². The maximum atomic E-state index is 11.8. The van der Waals surface area contributed by atoms with Crippen LogP contribution in [0.3, 0.4) is 0 Å². The predicted octanol–water partition coefficient (Wildman–Crippen LogP) is 5.17. The molecule has 7 heteroatoms. The minimum absolute atomic E-state index is 0.105. The normalized spacial score (nSPS) is 10.6. The number of rotatable bonds is 3. The van der Waals surface area contributed by atoms with Gasteiger partial charge in [-0.25, -0.2) is 0 Å². The van der Waals surface area contributed by atoms with Crippen LogP contribution >= 0.6 is 47.0 Å². The van der Waals surface area contributed by atoms with Gasteiger partial charge in [-0.05, 0) is 36.0 Å². The standard InChI is InChI=1S/C16H11Cl3N2OS/c17-11-8-13(19)14(9-12(11)18)20-16(23)21-15(22)7-6-10-4-2-1-3-5-10/h1-9H,(H2,20,21,22,23)/b7-6+. The van der Waals surface area contributed by atoms with Crippen LogP contribution in [-0.4, -0.2) is 11.0 Å². The second kappa shape index (κ2) is 8.31. The predicted molar refractivity (Wildman–Crippen MR) is 101 cm³/mol. The van der Waals surface area contributed by atoms with E-state index in [1.807, 2.05) is 30.3 Å². The van der Waals surface area contributed by atoms with E-state index in [9.17, 15) is 4.79 Å². The molecule has 3 nitrogen and oxygen atoms in total. The van der Waals surface area contributed by atoms with Crippen LogP contribution in [-0.2, 0) is 4.79 Å². The highest BCUT2D eigenvalue weighted by molar-refractivity contribution is 7.80. The number of hydrogen-bond donors (Lipinski definition) is 2. The molecule has 2 N–H and O–H groups in total. The molecule has 0 heterocycles. The van der Waals surface area contributed by atoms with E-state index in [1.54, 1.807) is 6.08 Å². The number of carbonyl (C=O) groups is 1. The van der Waals surface area contributed by atoms with Crippen molar-refractivity contribution in [3.05, 3.63) is 69.2 Å². The molecule has 0 spiro atoms. The third-order valence-electron chi connectivity index (χ3n) is 2.72. The van der Waals surface area contributed by atoms with Gasteiger partial charge in [0.2, 0.25) is 5.91 Å². The van der Waals surface area contributed by atoms with Crippen LogP contribution in [0, 0.1) is 0 Å². The summed E-state index contributed by atoms with van der Waals surface area (Å²) in [6, 6.07) is 12.5. The highest BCUT2D eigenvalue weighted by atomic mass is 35.5. The molecule has 0 fully saturated rings. The zero-order valence-corrected chi connectivity index (χ0v) is 14.7. The van der Waals surface area contributed by atoms with Crippen molar-refractivity contribution in [2.75, 3.05) is 5.32 Å². The highest BCUT2D eigenvalue weighted by Crippen LogP contribution is 2.32. The molecule has 2 aromatic carbocycles. The van der Waals surface area contributed by atoms with Crippen molar-refractivity contribution in [1.29, 1.82) is 0 Å². The van der Waals surface area contributed by atoms with Gasteiger partial charge in [0.1, 0.15) is 0 Å². The molecule has 0 atom stereocenters. The van der Waals surface area contributed by atoms with Gasteiger partial charge in [0.25, 0.3) is 0 Å². The largest absolute Gasteiger partial charge is 0.331 e. The summed E-state index contributed by atoms with van der Waals surface area (Å²) in [6.07, 6.45) is 3.07. The number of benzene rings is 2. The van der Waals surface area contributed by atoms with Gasteiger partial charge in [-0.1, -0.05) is 65.1 Å². The van der Waals surface area contributed by atoms with Crippen LogP contribution in [0.4, 0.5) is 5.69 Å². The van der Waals surface area contributed by atoms with Crippen molar-refractivity contribution in [1.82, 2.24) is 5.32 Å². The Labute approximate surface area is 154 Å². The maximum Gasteiger partial charge on any atom is 0.250 e. The summed E-state index contributed by atoms with van der Waals surface area (Å²) >= 11 is 22.9. The third-order valence-corrected chi connectivity index (χ3v) is 3.96. The second-order valence-electron chi connectivity index (χ2n) is 4.43. The van der Waals surface area contributed by atoms with Crippen LogP contribution in [0.2, 0.25) is 15.1 Å². The first kappa shape index (κ1) is 17.8. The minimum atomic E-state index is -0.359. The number of halogens is 3. The molecule has 0 bridgehead atoms. The molecule has 23 heavy (non-hydrogen) atoms. The Morgan fingerprint density at radius 1 is 1.00 bits per heavy atom. The fourth-order valence-electron chi connectivity index (χ4n) is 1.66. The van der Waals surface area contributed by atoms with E-state index in [0.717, 1.165) is 5.56 Å². The third kappa shape index (κ3) is 5.52. The monoisotopic (exact) mass is 384 g/mol. The molecule has 0 unspecified atom stereocenters. The molecule has 1 amide bonds. The summed E-state index contributed by atoms with van der Waals surface area (Å²) in [4.78, 5) is 11.8. The number of carbonyl (C=O) groups excluding carboxylic acids is 1. The van der Waals surface area contributed by atoms with E-state index in [1.165, 1.54) is 18.2 Å². The average Bonchev–Trinajstić information content (AvgIpc) is 2.51. The zero-order valence-electron chi connectivity index (χ0n) is 11.6. The molecular weight excluding hydrogens is 375 g/mol. The van der Waals surface area contributed by atoms with Gasteiger partial charge in [-0.3, -0.25) is 10.1 Å². The van der Waals surface area contributed by atoms with Gasteiger partial charge in [0.15, 0.2) is 5.11 Å². The Morgan fingerprint density at radius 3 is 2.35 bits per heavy atom. The van der Waals surface area contributed by atoms with E-state index in [2.05, 4.69) is 10.6 Å². The Hall–Kier alpha value is -1.59. The average molecular weight is 386 g/mol. The zero-order chi connectivity index (χ0) is 16.8. The lowest BCUT2D eigenvalue weighted by molar-refractivity contribution is -0.115. The number of hydrogen-bond acceptors (Lipinski definition) is 2. The van der Waals surface area contributed by atoms with Gasteiger partial charge >= 0.3 is 0 Å². The second-order valence-corrected chi connectivity index (χ2v) is 6.06. The number of nitrogens with one attached hydrogen (secondary N) is 2. The van der Waals surface area contributed by atoms with E-state index >= 15 is 0 Å². The molecule has 118 valence electrons. The Bertz CT molecular complexity index is 763. The first-order valence-corrected chi connectivity index (χ1v) is 7.99. The molecule has 0 aliphatic rings. The number of amides is 1. The molecule has 0 aliphatic carbocycles. The van der Waals surface area contributed by atoms with Gasteiger partial charge in [0, 0.05) is 6.08 Å².